The number of thiazole rings is 1. The lowest BCUT2D eigenvalue weighted by molar-refractivity contribution is 0.0681. The minimum Gasteiger partial charge on any atom is -0.338 e. The predicted molar refractivity (Wildman–Crippen MR) is 111 cm³/mol. The van der Waals surface area contributed by atoms with Gasteiger partial charge in [0.1, 0.15) is 5.56 Å². The molecule has 6 heteroatoms. The van der Waals surface area contributed by atoms with Crippen LogP contribution in [0, 0.1) is 6.92 Å². The number of hydrogen-bond donors (Lipinski definition) is 0. The average Bonchev–Trinajstić information content (AvgIpc) is 3.17. The lowest BCUT2D eigenvalue weighted by atomic mass is 9.70. The lowest BCUT2D eigenvalue weighted by Crippen LogP contribution is -2.47. The van der Waals surface area contributed by atoms with E-state index in [0.717, 1.165) is 23.5 Å². The number of hydrogen-bond acceptors (Lipinski definition) is 4. The van der Waals surface area contributed by atoms with Crippen molar-refractivity contribution in [1.29, 1.82) is 0 Å². The van der Waals surface area contributed by atoms with Gasteiger partial charge >= 0.3 is 0 Å². The lowest BCUT2D eigenvalue weighted by Gasteiger charge is -2.41. The molecule has 28 heavy (non-hydrogen) atoms. The monoisotopic (exact) mass is 393 g/mol. The highest BCUT2D eigenvalue weighted by atomic mass is 32.1. The maximum Gasteiger partial charge on any atom is 0.263 e. The van der Waals surface area contributed by atoms with E-state index in [9.17, 15) is 9.59 Å². The van der Waals surface area contributed by atoms with Gasteiger partial charge in [0.25, 0.3) is 11.5 Å². The van der Waals surface area contributed by atoms with Crippen LogP contribution in [0.3, 0.4) is 0 Å². The number of carbonyl (C=O) groups excluding carboxylic acids is 1. The highest BCUT2D eigenvalue weighted by Gasteiger charge is 2.41. The van der Waals surface area contributed by atoms with E-state index in [2.05, 4.69) is 29.6 Å². The van der Waals surface area contributed by atoms with Gasteiger partial charge in [0.15, 0.2) is 0 Å². The summed E-state index contributed by atoms with van der Waals surface area (Å²) in [6.45, 7) is 3.22. The number of amides is 1. The maximum absolute atomic E-state index is 13.0. The van der Waals surface area contributed by atoms with Crippen molar-refractivity contribution >= 4 is 17.2 Å². The molecule has 0 unspecified atom stereocenters. The van der Waals surface area contributed by atoms with Crippen LogP contribution in [0.15, 0.2) is 58.8 Å². The van der Waals surface area contributed by atoms with E-state index in [1.807, 2.05) is 13.0 Å². The Bertz CT molecular complexity index is 1050. The molecule has 2 aromatic heterocycles. The first kappa shape index (κ1) is 18.6. The smallest absolute Gasteiger partial charge is 0.263 e. The van der Waals surface area contributed by atoms with Gasteiger partial charge in [0, 0.05) is 37.1 Å². The van der Waals surface area contributed by atoms with Crippen LogP contribution < -0.4 is 5.56 Å². The average molecular weight is 394 g/mol. The van der Waals surface area contributed by atoms with Crippen LogP contribution in [-0.4, -0.2) is 33.4 Å². The summed E-state index contributed by atoms with van der Waals surface area (Å²) in [6.07, 6.45) is 3.25. The van der Waals surface area contributed by atoms with Gasteiger partial charge in [0.2, 0.25) is 0 Å². The van der Waals surface area contributed by atoms with Crippen LogP contribution in [-0.2, 0) is 12.5 Å². The van der Waals surface area contributed by atoms with E-state index in [1.165, 1.54) is 10.1 Å². The molecule has 0 saturated carbocycles. The molecule has 4 rings (SSSR count). The molecule has 3 heterocycles. The van der Waals surface area contributed by atoms with Crippen LogP contribution in [0.5, 0.6) is 0 Å². The second-order valence-corrected chi connectivity index (χ2v) is 8.39. The quantitative estimate of drug-likeness (QED) is 0.686. The molecular weight excluding hydrogens is 370 g/mol. The third-order valence-electron chi connectivity index (χ3n) is 5.69. The number of pyridine rings is 1. The van der Waals surface area contributed by atoms with E-state index in [-0.39, 0.29) is 22.4 Å². The fourth-order valence-corrected chi connectivity index (χ4v) is 4.77. The summed E-state index contributed by atoms with van der Waals surface area (Å²) < 4.78 is 1.45. The number of carbonyl (C=O) groups is 1. The van der Waals surface area contributed by atoms with Crippen molar-refractivity contribution < 1.29 is 4.79 Å². The summed E-state index contributed by atoms with van der Waals surface area (Å²) in [5, 5.41) is 3.20. The Morgan fingerprint density at radius 2 is 1.82 bits per heavy atom. The number of rotatable bonds is 3. The molecule has 0 N–H and O–H groups in total. The maximum atomic E-state index is 13.0. The largest absolute Gasteiger partial charge is 0.338 e. The molecule has 0 bridgehead atoms. The molecule has 0 radical (unpaired) electrons. The highest BCUT2D eigenvalue weighted by Crippen LogP contribution is 2.42. The molecule has 1 fully saturated rings. The van der Waals surface area contributed by atoms with Gasteiger partial charge in [-0.2, -0.15) is 0 Å². The van der Waals surface area contributed by atoms with E-state index in [0.29, 0.717) is 13.1 Å². The Morgan fingerprint density at radius 3 is 2.46 bits per heavy atom. The first-order chi connectivity index (χ1) is 13.5. The Morgan fingerprint density at radius 1 is 1.11 bits per heavy atom. The number of aromatic nitrogens is 2. The molecule has 5 nitrogen and oxygen atoms in total. The van der Waals surface area contributed by atoms with Gasteiger partial charge in [-0.3, -0.25) is 9.59 Å². The molecule has 1 aliphatic heterocycles. The number of nitrogens with zero attached hydrogens (tertiary/aromatic N) is 3. The third-order valence-corrected chi connectivity index (χ3v) is 6.47. The topological polar surface area (TPSA) is 55.2 Å². The first-order valence-corrected chi connectivity index (χ1v) is 10.3. The van der Waals surface area contributed by atoms with Crippen molar-refractivity contribution in [3.63, 3.8) is 0 Å². The number of piperidine rings is 1. The molecule has 3 aromatic rings. The second-order valence-electron chi connectivity index (χ2n) is 7.33. The van der Waals surface area contributed by atoms with Crippen LogP contribution in [0.4, 0.5) is 0 Å². The zero-order chi connectivity index (χ0) is 19.7. The van der Waals surface area contributed by atoms with Gasteiger partial charge < -0.3 is 9.47 Å². The minimum absolute atomic E-state index is 0.183. The van der Waals surface area contributed by atoms with E-state index >= 15 is 0 Å². The SMILES string of the molecule is Cc1nc(C2(c3ccccc3)CCN(C(=O)c3cccn(C)c3=O)CC2)cs1. The summed E-state index contributed by atoms with van der Waals surface area (Å²) >= 11 is 1.66. The zero-order valence-corrected chi connectivity index (χ0v) is 16.9. The Balaban J connectivity index is 1.63. The molecular formula is C22H23N3O2S. The van der Waals surface area contributed by atoms with Gasteiger partial charge in [-0.15, -0.1) is 11.3 Å². The summed E-state index contributed by atoms with van der Waals surface area (Å²) in [5.41, 5.74) is 2.13. The Kier molecular flexibility index (Phi) is 4.89. The van der Waals surface area contributed by atoms with Crippen LogP contribution in [0.25, 0.3) is 0 Å². The number of aryl methyl sites for hydroxylation is 2. The Hall–Kier alpha value is -2.73. The summed E-state index contributed by atoms with van der Waals surface area (Å²) in [5.74, 6) is -0.183. The van der Waals surface area contributed by atoms with Crippen molar-refractivity contribution in [2.24, 2.45) is 7.05 Å². The van der Waals surface area contributed by atoms with Crippen molar-refractivity contribution in [3.8, 4) is 0 Å². The number of benzene rings is 1. The van der Waals surface area contributed by atoms with Gasteiger partial charge in [0.05, 0.1) is 10.7 Å². The molecule has 144 valence electrons. The number of likely N-dealkylation sites (tertiary alicyclic amines) is 1. The van der Waals surface area contributed by atoms with Gasteiger partial charge in [-0.25, -0.2) is 4.98 Å². The molecule has 0 atom stereocenters. The standard InChI is InChI=1S/C22H23N3O2S/c1-16-23-19(15-28-16)22(17-7-4-3-5-8-17)10-13-25(14-11-22)21(27)18-9-6-12-24(2)20(18)26/h3-9,12,15H,10-11,13-14H2,1-2H3. The molecule has 1 amide bonds. The third kappa shape index (κ3) is 3.18. The van der Waals surface area contributed by atoms with E-state index in [4.69, 9.17) is 4.98 Å². The predicted octanol–water partition coefficient (Wildman–Crippen LogP) is 3.37. The fourth-order valence-electron chi connectivity index (χ4n) is 4.06. The molecule has 1 aromatic carbocycles. The molecule has 0 spiro atoms. The molecule has 1 aliphatic rings. The van der Waals surface area contributed by atoms with Crippen LogP contribution in [0.1, 0.15) is 39.5 Å². The zero-order valence-electron chi connectivity index (χ0n) is 16.1. The van der Waals surface area contributed by atoms with Crippen LogP contribution in [0.2, 0.25) is 0 Å². The summed E-state index contributed by atoms with van der Waals surface area (Å²) in [6, 6.07) is 13.8. The van der Waals surface area contributed by atoms with E-state index in [1.54, 1.807) is 41.6 Å². The first-order valence-electron chi connectivity index (χ1n) is 9.44. The Labute approximate surface area is 168 Å². The van der Waals surface area contributed by atoms with Crippen molar-refractivity contribution in [2.75, 3.05) is 13.1 Å². The summed E-state index contributed by atoms with van der Waals surface area (Å²) in [4.78, 5) is 31.9. The fraction of sp³-hybridized carbons (Fsp3) is 0.318. The van der Waals surface area contributed by atoms with Crippen molar-refractivity contribution in [3.05, 3.63) is 86.2 Å². The molecule has 1 saturated heterocycles. The minimum atomic E-state index is -0.248. The van der Waals surface area contributed by atoms with Crippen molar-refractivity contribution in [1.82, 2.24) is 14.5 Å². The van der Waals surface area contributed by atoms with Crippen LogP contribution >= 0.6 is 11.3 Å². The van der Waals surface area contributed by atoms with Gasteiger partial charge in [-0.05, 0) is 37.5 Å². The molecule has 0 aliphatic carbocycles. The van der Waals surface area contributed by atoms with Gasteiger partial charge in [-0.1, -0.05) is 30.3 Å². The highest BCUT2D eigenvalue weighted by molar-refractivity contribution is 7.09. The second kappa shape index (κ2) is 7.36. The normalized spacial score (nSPS) is 16.1. The summed E-state index contributed by atoms with van der Waals surface area (Å²) in [7, 11) is 1.67. The van der Waals surface area contributed by atoms with Crippen molar-refractivity contribution in [2.45, 2.75) is 25.2 Å². The van der Waals surface area contributed by atoms with E-state index < -0.39 is 0 Å².